The zero-order valence-corrected chi connectivity index (χ0v) is 27.2. The van der Waals surface area contributed by atoms with Gasteiger partial charge in [-0.2, -0.15) is 0 Å². The topological polar surface area (TPSA) is 118 Å². The number of phenols is 1. The third-order valence-corrected chi connectivity index (χ3v) is 8.56. The third kappa shape index (κ3) is 21.2. The fourth-order valence-electron chi connectivity index (χ4n) is 5.62. The molecule has 0 aliphatic carbocycles. The van der Waals surface area contributed by atoms with Crippen LogP contribution in [0.3, 0.4) is 0 Å². The maximum Gasteiger partial charge on any atom is 0.166 e. The SMILES string of the molecule is C/C(=C\CCC[C@@H](O)C[C@H](O)CCCCCCCCCCCCCCCCCCc1ccc(O)cc1)C(=O)C(C)C(=O)[O-]. The molecule has 3 atom stereocenters. The summed E-state index contributed by atoms with van der Waals surface area (Å²) in [6.07, 6.45) is 25.4. The summed E-state index contributed by atoms with van der Waals surface area (Å²) >= 11 is 0. The van der Waals surface area contributed by atoms with E-state index in [1.807, 2.05) is 12.1 Å². The number of ketones is 1. The first-order valence-corrected chi connectivity index (χ1v) is 17.3. The van der Waals surface area contributed by atoms with E-state index in [9.17, 15) is 30.0 Å². The van der Waals surface area contributed by atoms with Crippen LogP contribution in [0, 0.1) is 5.92 Å². The van der Waals surface area contributed by atoms with Crippen molar-refractivity contribution in [2.75, 3.05) is 0 Å². The average molecular weight is 602 g/mol. The van der Waals surface area contributed by atoms with Gasteiger partial charge in [-0.25, -0.2) is 0 Å². The number of carboxylic acid groups (broad SMARTS) is 1. The number of aliphatic hydroxyl groups excluding tert-OH is 2. The van der Waals surface area contributed by atoms with Crippen molar-refractivity contribution in [3.63, 3.8) is 0 Å². The largest absolute Gasteiger partial charge is 0.549 e. The van der Waals surface area contributed by atoms with Gasteiger partial charge in [0, 0.05) is 0 Å². The Kier molecular flexibility index (Phi) is 22.7. The van der Waals surface area contributed by atoms with Gasteiger partial charge in [-0.3, -0.25) is 4.79 Å². The number of phenolic OH excluding ortho intramolecular Hbond substituents is 1. The van der Waals surface area contributed by atoms with Crippen LogP contribution in [0.15, 0.2) is 35.9 Å². The van der Waals surface area contributed by atoms with E-state index >= 15 is 0 Å². The van der Waals surface area contributed by atoms with E-state index in [1.165, 1.54) is 102 Å². The van der Waals surface area contributed by atoms with E-state index in [-0.39, 0.29) is 0 Å². The number of allylic oxidation sites excluding steroid dienone is 2. The van der Waals surface area contributed by atoms with Gasteiger partial charge in [-0.05, 0) is 82.1 Å². The smallest absolute Gasteiger partial charge is 0.166 e. The predicted molar refractivity (Wildman–Crippen MR) is 174 cm³/mol. The first-order chi connectivity index (χ1) is 20.7. The van der Waals surface area contributed by atoms with Crippen molar-refractivity contribution < 1.29 is 30.0 Å². The highest BCUT2D eigenvalue weighted by Gasteiger charge is 2.15. The summed E-state index contributed by atoms with van der Waals surface area (Å²) in [4.78, 5) is 22.7. The Hall–Kier alpha value is -2.18. The highest BCUT2D eigenvalue weighted by Crippen LogP contribution is 2.17. The second kappa shape index (κ2) is 25.2. The molecule has 0 saturated heterocycles. The van der Waals surface area contributed by atoms with E-state index in [4.69, 9.17) is 0 Å². The number of carbonyl (C=O) groups excluding carboxylic acids is 2. The number of carbonyl (C=O) groups is 2. The second-order valence-corrected chi connectivity index (χ2v) is 12.6. The molecular formula is C37H61O6-. The van der Waals surface area contributed by atoms with Crippen LogP contribution in [-0.4, -0.2) is 39.3 Å². The lowest BCUT2D eigenvalue weighted by atomic mass is 9.98. The molecule has 43 heavy (non-hydrogen) atoms. The molecule has 1 aromatic carbocycles. The molecule has 0 radical (unpaired) electrons. The van der Waals surface area contributed by atoms with E-state index < -0.39 is 29.9 Å². The molecule has 0 bridgehead atoms. The quantitative estimate of drug-likeness (QED) is 0.0513. The number of hydrogen-bond donors (Lipinski definition) is 3. The van der Waals surface area contributed by atoms with Gasteiger partial charge >= 0.3 is 0 Å². The van der Waals surface area contributed by atoms with Crippen LogP contribution in [-0.2, 0) is 16.0 Å². The van der Waals surface area contributed by atoms with Crippen LogP contribution in [0.25, 0.3) is 0 Å². The number of unbranched alkanes of at least 4 members (excludes halogenated alkanes) is 16. The molecule has 0 aromatic heterocycles. The zero-order valence-electron chi connectivity index (χ0n) is 27.2. The monoisotopic (exact) mass is 601 g/mol. The molecule has 0 heterocycles. The molecule has 6 nitrogen and oxygen atoms in total. The zero-order chi connectivity index (χ0) is 31.7. The van der Waals surface area contributed by atoms with Crippen LogP contribution < -0.4 is 5.11 Å². The molecule has 0 amide bonds. The number of Topliss-reactive ketones (excluding diaryl/α,β-unsaturated/α-hetero) is 1. The summed E-state index contributed by atoms with van der Waals surface area (Å²) in [5.41, 5.74) is 1.73. The summed E-state index contributed by atoms with van der Waals surface area (Å²) in [5.74, 6) is -2.59. The molecule has 0 fully saturated rings. The van der Waals surface area contributed by atoms with Crippen molar-refractivity contribution in [3.05, 3.63) is 41.5 Å². The van der Waals surface area contributed by atoms with Crippen LogP contribution in [0.1, 0.15) is 154 Å². The third-order valence-electron chi connectivity index (χ3n) is 8.56. The van der Waals surface area contributed by atoms with Gasteiger partial charge in [-0.1, -0.05) is 115 Å². The van der Waals surface area contributed by atoms with Crippen molar-refractivity contribution in [2.24, 2.45) is 5.92 Å². The highest BCUT2D eigenvalue weighted by molar-refractivity contribution is 6.06. The maximum absolute atomic E-state index is 11.9. The highest BCUT2D eigenvalue weighted by atomic mass is 16.4. The Morgan fingerprint density at radius 3 is 1.58 bits per heavy atom. The van der Waals surface area contributed by atoms with Crippen LogP contribution in [0.2, 0.25) is 0 Å². The number of aryl methyl sites for hydroxylation is 1. The predicted octanol–water partition coefficient (Wildman–Crippen LogP) is 7.75. The van der Waals surface area contributed by atoms with E-state index in [0.717, 1.165) is 25.7 Å². The molecule has 3 N–H and O–H groups in total. The summed E-state index contributed by atoms with van der Waals surface area (Å²) < 4.78 is 0. The van der Waals surface area contributed by atoms with E-state index in [0.29, 0.717) is 37.0 Å². The molecule has 0 aliphatic heterocycles. The molecule has 1 unspecified atom stereocenters. The molecule has 246 valence electrons. The first kappa shape index (κ1) is 38.8. The Bertz CT molecular complexity index is 878. The molecule has 1 aromatic rings. The molecule has 0 saturated carbocycles. The van der Waals surface area contributed by atoms with Gasteiger partial charge in [-0.15, -0.1) is 0 Å². The van der Waals surface area contributed by atoms with Crippen LogP contribution in [0.4, 0.5) is 0 Å². The second-order valence-electron chi connectivity index (χ2n) is 12.6. The van der Waals surface area contributed by atoms with Gasteiger partial charge in [0.15, 0.2) is 5.78 Å². The number of aromatic hydroxyl groups is 1. The number of carboxylic acids is 1. The van der Waals surface area contributed by atoms with Crippen molar-refractivity contribution in [1.82, 2.24) is 0 Å². The van der Waals surface area contributed by atoms with Crippen LogP contribution in [0.5, 0.6) is 5.75 Å². The van der Waals surface area contributed by atoms with Gasteiger partial charge in [0.05, 0.1) is 24.1 Å². The minimum atomic E-state index is -1.36. The summed E-state index contributed by atoms with van der Waals surface area (Å²) in [5, 5.41) is 40.6. The van der Waals surface area contributed by atoms with Gasteiger partial charge in [0.25, 0.3) is 0 Å². The maximum atomic E-state index is 11.9. The standard InChI is InChI=1S/C37H62O6/c1-30(36(41)31(2)37(42)43)21-19-20-24-35(40)29-34(39)23-18-16-14-12-10-8-6-4-3-5-7-9-11-13-15-17-22-32-25-27-33(38)28-26-32/h21,25-28,31,34-35,38-40H,3-20,22-24,29H2,1-2H3,(H,42,43)/p-1/b30-21+/t31?,34-,35-/m1/s1. The van der Waals surface area contributed by atoms with Crippen molar-refractivity contribution in [3.8, 4) is 5.75 Å². The fraction of sp³-hybridized carbons (Fsp3) is 0.730. The van der Waals surface area contributed by atoms with Gasteiger partial charge in [0.2, 0.25) is 0 Å². The number of aliphatic carboxylic acids is 1. The Balaban J connectivity index is 1.84. The van der Waals surface area contributed by atoms with E-state index in [2.05, 4.69) is 0 Å². The minimum absolute atomic E-state index is 0.345. The van der Waals surface area contributed by atoms with Crippen molar-refractivity contribution >= 4 is 11.8 Å². The lowest BCUT2D eigenvalue weighted by Gasteiger charge is -2.15. The molecule has 6 heteroatoms. The first-order valence-electron chi connectivity index (χ1n) is 17.3. The number of rotatable bonds is 28. The average Bonchev–Trinajstić information content (AvgIpc) is 2.98. The number of benzene rings is 1. The molecule has 0 spiro atoms. The van der Waals surface area contributed by atoms with Crippen molar-refractivity contribution in [1.29, 1.82) is 0 Å². The summed E-state index contributed by atoms with van der Waals surface area (Å²) in [6, 6.07) is 7.59. The Labute approximate surface area is 262 Å². The molecule has 0 aliphatic rings. The Morgan fingerprint density at radius 2 is 1.12 bits per heavy atom. The minimum Gasteiger partial charge on any atom is -0.549 e. The lowest BCUT2D eigenvalue weighted by Crippen LogP contribution is -2.34. The Morgan fingerprint density at radius 1 is 0.698 bits per heavy atom. The number of aliphatic hydroxyl groups is 2. The van der Waals surface area contributed by atoms with Crippen molar-refractivity contribution in [2.45, 2.75) is 167 Å². The lowest BCUT2D eigenvalue weighted by molar-refractivity contribution is -0.309. The van der Waals surface area contributed by atoms with Gasteiger partial charge < -0.3 is 25.2 Å². The molecular weight excluding hydrogens is 540 g/mol. The normalized spacial score (nSPS) is 14.0. The summed E-state index contributed by atoms with van der Waals surface area (Å²) in [6.45, 7) is 2.94. The fourth-order valence-corrected chi connectivity index (χ4v) is 5.62. The molecule has 1 rings (SSSR count). The summed E-state index contributed by atoms with van der Waals surface area (Å²) in [7, 11) is 0. The van der Waals surface area contributed by atoms with Gasteiger partial charge in [0.1, 0.15) is 5.75 Å². The van der Waals surface area contributed by atoms with Crippen LogP contribution >= 0.6 is 0 Å². The van der Waals surface area contributed by atoms with E-state index in [1.54, 1.807) is 25.1 Å². The number of hydrogen-bond acceptors (Lipinski definition) is 6.